The molecule has 0 aliphatic carbocycles. The number of benzene rings is 1. The van der Waals surface area contributed by atoms with E-state index in [1.54, 1.807) is 37.5 Å². The maximum atomic E-state index is 14.1. The third kappa shape index (κ3) is 3.25. The lowest BCUT2D eigenvalue weighted by Gasteiger charge is -2.36. The molecule has 3 aliphatic heterocycles. The van der Waals surface area contributed by atoms with Crippen molar-refractivity contribution in [1.82, 2.24) is 4.90 Å². The van der Waals surface area contributed by atoms with Gasteiger partial charge in [-0.15, -0.1) is 6.58 Å². The molecule has 2 unspecified atom stereocenters. The lowest BCUT2D eigenvalue weighted by atomic mass is 9.65. The van der Waals surface area contributed by atoms with E-state index in [4.69, 9.17) is 9.47 Å². The molecule has 2 amide bonds. The highest BCUT2D eigenvalue weighted by Crippen LogP contribution is 2.64. The number of carbonyl (C=O) groups is 3. The van der Waals surface area contributed by atoms with E-state index in [1.165, 1.54) is 9.80 Å². The number of carbonyl (C=O) groups excluding carboxylic acids is 2. The number of hydrogen-bond donors (Lipinski definition) is 2. The van der Waals surface area contributed by atoms with Gasteiger partial charge in [-0.2, -0.15) is 0 Å². The molecule has 3 saturated heterocycles. The topological polar surface area (TPSA) is 117 Å². The summed E-state index contributed by atoms with van der Waals surface area (Å²) in [7, 11) is 1.55. The predicted molar refractivity (Wildman–Crippen MR) is 119 cm³/mol. The molecule has 178 valence electrons. The zero-order chi connectivity index (χ0) is 24.0. The second-order valence-corrected chi connectivity index (χ2v) is 8.86. The Kier molecular flexibility index (Phi) is 5.96. The molecular weight excluding hydrogens is 428 g/mol. The van der Waals surface area contributed by atoms with Crippen LogP contribution < -0.4 is 9.64 Å². The summed E-state index contributed by atoms with van der Waals surface area (Å²) in [6.45, 7) is 5.37. The van der Waals surface area contributed by atoms with Crippen molar-refractivity contribution in [2.24, 2.45) is 11.8 Å². The minimum absolute atomic E-state index is 0.0765. The summed E-state index contributed by atoms with van der Waals surface area (Å²) < 4.78 is 11.7. The van der Waals surface area contributed by atoms with Gasteiger partial charge >= 0.3 is 5.97 Å². The van der Waals surface area contributed by atoms with E-state index in [-0.39, 0.29) is 25.6 Å². The van der Waals surface area contributed by atoms with E-state index >= 15 is 0 Å². The van der Waals surface area contributed by atoms with Crippen LogP contribution in [0.15, 0.2) is 36.9 Å². The zero-order valence-electron chi connectivity index (χ0n) is 18.9. The van der Waals surface area contributed by atoms with Gasteiger partial charge in [0, 0.05) is 18.8 Å². The molecule has 0 saturated carbocycles. The lowest BCUT2D eigenvalue weighted by molar-refractivity contribution is -0.155. The van der Waals surface area contributed by atoms with Crippen molar-refractivity contribution in [3.05, 3.63) is 36.9 Å². The van der Waals surface area contributed by atoms with E-state index in [1.807, 2.05) is 6.92 Å². The molecule has 2 bridgehead atoms. The predicted octanol–water partition coefficient (Wildman–Crippen LogP) is 1.45. The molecule has 3 aliphatic rings. The molecule has 3 fully saturated rings. The fourth-order valence-electron chi connectivity index (χ4n) is 6.08. The maximum Gasteiger partial charge on any atom is 0.310 e. The van der Waals surface area contributed by atoms with Gasteiger partial charge in [0.15, 0.2) is 0 Å². The van der Waals surface area contributed by atoms with Gasteiger partial charge in [-0.3, -0.25) is 14.4 Å². The van der Waals surface area contributed by atoms with Crippen LogP contribution in [0.4, 0.5) is 5.69 Å². The molecule has 4 rings (SSSR count). The second-order valence-electron chi connectivity index (χ2n) is 8.86. The minimum atomic E-state index is -1.24. The standard InChI is InChI=1S/C24H30N2O7/c1-4-12-25(15-6-8-16(32-3)9-7-15)21(29)19-24-11-10-23(5-2,33-24)18(22(30)31)17(24)20(28)26(19)13-14-27/h4,6-9,17-19,27H,1,5,10-14H2,2-3H3,(H,30,31)/t17-,18+,19?,23-,24?/m0/s1. The van der Waals surface area contributed by atoms with Gasteiger partial charge in [-0.05, 0) is 43.5 Å². The summed E-state index contributed by atoms with van der Waals surface area (Å²) in [6.07, 6.45) is 2.89. The van der Waals surface area contributed by atoms with Crippen LogP contribution >= 0.6 is 0 Å². The van der Waals surface area contributed by atoms with E-state index in [2.05, 4.69) is 6.58 Å². The number of aliphatic hydroxyl groups excluding tert-OH is 1. The minimum Gasteiger partial charge on any atom is -0.497 e. The van der Waals surface area contributed by atoms with Crippen LogP contribution in [0.5, 0.6) is 5.75 Å². The first kappa shape index (κ1) is 23.3. The summed E-state index contributed by atoms with van der Waals surface area (Å²) in [6, 6.07) is 5.90. The Morgan fingerprint density at radius 1 is 1.33 bits per heavy atom. The molecule has 5 atom stereocenters. The van der Waals surface area contributed by atoms with Crippen molar-refractivity contribution in [1.29, 1.82) is 0 Å². The molecule has 0 aromatic heterocycles. The monoisotopic (exact) mass is 458 g/mol. The highest BCUT2D eigenvalue weighted by molar-refractivity contribution is 6.04. The molecular formula is C24H30N2O7. The summed E-state index contributed by atoms with van der Waals surface area (Å²) in [5.74, 6) is -3.29. The fourth-order valence-corrected chi connectivity index (χ4v) is 6.08. The number of fused-ring (bicyclic) bond motifs is 1. The second kappa shape index (κ2) is 8.46. The number of anilines is 1. The number of amides is 2. The number of aliphatic carboxylic acids is 1. The zero-order valence-corrected chi connectivity index (χ0v) is 18.9. The van der Waals surface area contributed by atoms with E-state index in [0.29, 0.717) is 30.7 Å². The first-order chi connectivity index (χ1) is 15.8. The Hall–Kier alpha value is -2.91. The van der Waals surface area contributed by atoms with Gasteiger partial charge in [0.1, 0.15) is 23.3 Å². The normalized spacial score (nSPS) is 32.0. The first-order valence-electron chi connectivity index (χ1n) is 11.2. The molecule has 9 heteroatoms. The fraction of sp³-hybridized carbons (Fsp3) is 0.542. The number of carboxylic acids is 1. The maximum absolute atomic E-state index is 14.1. The van der Waals surface area contributed by atoms with Gasteiger partial charge in [0.2, 0.25) is 5.91 Å². The summed E-state index contributed by atoms with van der Waals surface area (Å²) in [5, 5.41) is 19.7. The SMILES string of the molecule is C=CCN(C(=O)C1N(CCO)C(=O)[C@@H]2[C@H](C(=O)O)[C@]3(CC)CCC12O3)c1ccc(OC)cc1. The van der Waals surface area contributed by atoms with Gasteiger partial charge < -0.3 is 29.5 Å². The first-order valence-corrected chi connectivity index (χ1v) is 11.2. The molecule has 1 spiro atoms. The van der Waals surface area contributed by atoms with E-state index in [9.17, 15) is 24.6 Å². The number of methoxy groups -OCH3 is 1. The smallest absolute Gasteiger partial charge is 0.310 e. The number of rotatable bonds is 9. The summed E-state index contributed by atoms with van der Waals surface area (Å²) in [4.78, 5) is 42.7. The van der Waals surface area contributed by atoms with Crippen LogP contribution in [-0.2, 0) is 19.1 Å². The number of likely N-dealkylation sites (tertiary alicyclic amines) is 1. The Morgan fingerprint density at radius 2 is 2.03 bits per heavy atom. The van der Waals surface area contributed by atoms with Crippen molar-refractivity contribution in [2.45, 2.75) is 43.4 Å². The van der Waals surface area contributed by atoms with Crippen molar-refractivity contribution >= 4 is 23.5 Å². The number of hydrogen-bond acceptors (Lipinski definition) is 6. The van der Waals surface area contributed by atoms with Gasteiger partial charge in [-0.25, -0.2) is 0 Å². The Balaban J connectivity index is 1.79. The average Bonchev–Trinajstić information content (AvgIpc) is 3.41. The van der Waals surface area contributed by atoms with Crippen LogP contribution in [0, 0.1) is 11.8 Å². The Morgan fingerprint density at radius 3 is 2.58 bits per heavy atom. The number of carboxylic acid groups (broad SMARTS) is 1. The van der Waals surface area contributed by atoms with E-state index in [0.717, 1.165) is 0 Å². The number of ether oxygens (including phenoxy) is 2. The molecule has 2 N–H and O–H groups in total. The van der Waals surface area contributed by atoms with E-state index < -0.39 is 41.0 Å². The third-order valence-corrected chi connectivity index (χ3v) is 7.48. The van der Waals surface area contributed by atoms with Gasteiger partial charge in [-0.1, -0.05) is 13.0 Å². The van der Waals surface area contributed by atoms with Crippen LogP contribution in [0.25, 0.3) is 0 Å². The average molecular weight is 459 g/mol. The third-order valence-electron chi connectivity index (χ3n) is 7.48. The highest BCUT2D eigenvalue weighted by Gasteiger charge is 2.79. The van der Waals surface area contributed by atoms with Crippen LogP contribution in [-0.4, -0.2) is 76.9 Å². The van der Waals surface area contributed by atoms with Crippen molar-refractivity contribution in [3.8, 4) is 5.75 Å². The van der Waals surface area contributed by atoms with Crippen molar-refractivity contribution in [2.75, 3.05) is 31.7 Å². The highest BCUT2D eigenvalue weighted by atomic mass is 16.5. The quantitative estimate of drug-likeness (QED) is 0.538. The lowest BCUT2D eigenvalue weighted by Crippen LogP contribution is -2.56. The number of aliphatic hydroxyl groups is 1. The van der Waals surface area contributed by atoms with Crippen LogP contribution in [0.3, 0.4) is 0 Å². The molecule has 9 nitrogen and oxygen atoms in total. The molecule has 3 heterocycles. The van der Waals surface area contributed by atoms with Gasteiger partial charge in [0.25, 0.3) is 5.91 Å². The van der Waals surface area contributed by atoms with Crippen molar-refractivity contribution in [3.63, 3.8) is 0 Å². The number of nitrogens with zero attached hydrogens (tertiary/aromatic N) is 2. The van der Waals surface area contributed by atoms with Crippen LogP contribution in [0.1, 0.15) is 26.2 Å². The van der Waals surface area contributed by atoms with Gasteiger partial charge in [0.05, 0.1) is 25.2 Å². The van der Waals surface area contributed by atoms with Crippen molar-refractivity contribution < 1.29 is 34.1 Å². The number of β-amino-alcohol motifs (C(OH)–C–C–N with tert-alkyl or cyclic N) is 1. The molecule has 33 heavy (non-hydrogen) atoms. The summed E-state index contributed by atoms with van der Waals surface area (Å²) in [5.41, 5.74) is -1.63. The molecule has 0 radical (unpaired) electrons. The Bertz CT molecular complexity index is 964. The van der Waals surface area contributed by atoms with Crippen LogP contribution in [0.2, 0.25) is 0 Å². The summed E-state index contributed by atoms with van der Waals surface area (Å²) >= 11 is 0. The largest absolute Gasteiger partial charge is 0.497 e. The molecule has 1 aromatic rings. The molecule has 1 aromatic carbocycles. The Labute approximate surface area is 192 Å².